The molecule has 1 rings (SSSR count). The number of rotatable bonds is 7. The number of carbonyl (C=O) groups excluding carboxylic acids is 1. The Bertz CT molecular complexity index is 248. The lowest BCUT2D eigenvalue weighted by Gasteiger charge is -2.27. The lowest BCUT2D eigenvalue weighted by molar-refractivity contribution is -0.121. The van der Waals surface area contributed by atoms with Gasteiger partial charge in [0.1, 0.15) is 0 Å². The molecular formula is C13H26N2O3. The van der Waals surface area contributed by atoms with E-state index in [-0.39, 0.29) is 18.1 Å². The molecule has 106 valence electrons. The first-order chi connectivity index (χ1) is 8.63. The van der Waals surface area contributed by atoms with Gasteiger partial charge < -0.3 is 20.5 Å². The van der Waals surface area contributed by atoms with Crippen molar-refractivity contribution in [2.24, 2.45) is 5.92 Å². The molecular weight excluding hydrogens is 232 g/mol. The number of hydrogen-bond donors (Lipinski definition) is 3. The Morgan fingerprint density at radius 1 is 1.44 bits per heavy atom. The molecule has 0 radical (unpaired) electrons. The molecule has 0 saturated heterocycles. The molecule has 0 aliphatic heterocycles. The van der Waals surface area contributed by atoms with Gasteiger partial charge in [-0.15, -0.1) is 0 Å². The molecule has 1 amide bonds. The Kier molecular flexibility index (Phi) is 7.23. The van der Waals surface area contributed by atoms with Crippen LogP contribution in [0.15, 0.2) is 0 Å². The van der Waals surface area contributed by atoms with Gasteiger partial charge in [0.15, 0.2) is 0 Å². The summed E-state index contributed by atoms with van der Waals surface area (Å²) in [6.07, 6.45) is 4.04. The molecule has 1 fully saturated rings. The molecule has 1 aliphatic carbocycles. The van der Waals surface area contributed by atoms with E-state index in [0.717, 1.165) is 19.3 Å². The van der Waals surface area contributed by atoms with Crippen LogP contribution in [0.1, 0.15) is 32.6 Å². The van der Waals surface area contributed by atoms with E-state index in [9.17, 15) is 9.90 Å². The Hall–Kier alpha value is -0.650. The Morgan fingerprint density at radius 3 is 2.83 bits per heavy atom. The summed E-state index contributed by atoms with van der Waals surface area (Å²) in [5, 5.41) is 15.8. The number of carbonyl (C=O) groups is 1. The van der Waals surface area contributed by atoms with Crippen molar-refractivity contribution >= 4 is 5.91 Å². The van der Waals surface area contributed by atoms with Crippen molar-refractivity contribution in [1.29, 1.82) is 0 Å². The highest BCUT2D eigenvalue weighted by molar-refractivity contribution is 5.78. The van der Waals surface area contributed by atoms with E-state index in [1.54, 1.807) is 7.11 Å². The summed E-state index contributed by atoms with van der Waals surface area (Å²) < 4.78 is 4.95. The maximum absolute atomic E-state index is 11.6. The SMILES string of the molecule is COCC(C)NC(=O)CNCC1CCCCC1O. The summed E-state index contributed by atoms with van der Waals surface area (Å²) in [7, 11) is 1.62. The second kappa shape index (κ2) is 8.45. The van der Waals surface area contributed by atoms with Crippen LogP contribution >= 0.6 is 0 Å². The molecule has 0 aromatic heterocycles. The van der Waals surface area contributed by atoms with Crippen molar-refractivity contribution in [3.8, 4) is 0 Å². The smallest absolute Gasteiger partial charge is 0.234 e. The quantitative estimate of drug-likeness (QED) is 0.613. The van der Waals surface area contributed by atoms with Gasteiger partial charge in [0.25, 0.3) is 0 Å². The molecule has 1 saturated carbocycles. The summed E-state index contributed by atoms with van der Waals surface area (Å²) in [6, 6.07) is 0.0320. The zero-order valence-corrected chi connectivity index (χ0v) is 11.4. The van der Waals surface area contributed by atoms with Gasteiger partial charge in [0.05, 0.1) is 19.3 Å². The predicted octanol–water partition coefficient (Wildman–Crippen LogP) is 0.278. The predicted molar refractivity (Wildman–Crippen MR) is 70.3 cm³/mol. The van der Waals surface area contributed by atoms with Crippen molar-refractivity contribution in [2.45, 2.75) is 44.8 Å². The van der Waals surface area contributed by atoms with Gasteiger partial charge in [0.2, 0.25) is 5.91 Å². The van der Waals surface area contributed by atoms with E-state index in [1.165, 1.54) is 6.42 Å². The van der Waals surface area contributed by atoms with Crippen molar-refractivity contribution in [3.05, 3.63) is 0 Å². The van der Waals surface area contributed by atoms with Crippen LogP contribution in [0.3, 0.4) is 0 Å². The number of nitrogens with one attached hydrogen (secondary N) is 2. The van der Waals surface area contributed by atoms with Crippen LogP contribution < -0.4 is 10.6 Å². The van der Waals surface area contributed by atoms with Crippen LogP contribution in [-0.4, -0.2) is 50.0 Å². The Labute approximate surface area is 109 Å². The number of aliphatic hydroxyl groups is 1. The van der Waals surface area contributed by atoms with Crippen LogP contribution in [0.4, 0.5) is 0 Å². The highest BCUT2D eigenvalue weighted by Crippen LogP contribution is 2.23. The Balaban J connectivity index is 2.11. The van der Waals surface area contributed by atoms with E-state index in [2.05, 4.69) is 10.6 Å². The third-order valence-corrected chi connectivity index (χ3v) is 3.39. The van der Waals surface area contributed by atoms with Gasteiger partial charge in [-0.3, -0.25) is 4.79 Å². The van der Waals surface area contributed by atoms with Crippen molar-refractivity contribution in [2.75, 3.05) is 26.8 Å². The molecule has 0 spiro atoms. The molecule has 5 nitrogen and oxygen atoms in total. The number of ether oxygens (including phenoxy) is 1. The molecule has 3 N–H and O–H groups in total. The highest BCUT2D eigenvalue weighted by Gasteiger charge is 2.22. The number of hydrogen-bond acceptors (Lipinski definition) is 4. The normalized spacial score (nSPS) is 25.7. The maximum atomic E-state index is 11.6. The fourth-order valence-electron chi connectivity index (χ4n) is 2.41. The summed E-state index contributed by atoms with van der Waals surface area (Å²) in [5.74, 6) is 0.271. The lowest BCUT2D eigenvalue weighted by atomic mass is 9.86. The van der Waals surface area contributed by atoms with Crippen molar-refractivity contribution in [3.63, 3.8) is 0 Å². The second-order valence-corrected chi connectivity index (χ2v) is 5.17. The zero-order chi connectivity index (χ0) is 13.4. The second-order valence-electron chi connectivity index (χ2n) is 5.17. The van der Waals surface area contributed by atoms with Crippen molar-refractivity contribution < 1.29 is 14.6 Å². The molecule has 3 unspecified atom stereocenters. The van der Waals surface area contributed by atoms with E-state index in [0.29, 0.717) is 25.6 Å². The number of amides is 1. The van der Waals surface area contributed by atoms with Gasteiger partial charge in [-0.2, -0.15) is 0 Å². The average molecular weight is 258 g/mol. The summed E-state index contributed by atoms with van der Waals surface area (Å²) in [6.45, 7) is 3.45. The molecule has 0 aromatic rings. The lowest BCUT2D eigenvalue weighted by Crippen LogP contribution is -2.43. The monoisotopic (exact) mass is 258 g/mol. The maximum Gasteiger partial charge on any atom is 0.234 e. The van der Waals surface area contributed by atoms with Gasteiger partial charge in [-0.25, -0.2) is 0 Å². The zero-order valence-electron chi connectivity index (χ0n) is 11.4. The van der Waals surface area contributed by atoms with E-state index in [4.69, 9.17) is 4.74 Å². The largest absolute Gasteiger partial charge is 0.393 e. The first-order valence-electron chi connectivity index (χ1n) is 6.80. The molecule has 0 aromatic carbocycles. The van der Waals surface area contributed by atoms with Gasteiger partial charge in [-0.1, -0.05) is 12.8 Å². The van der Waals surface area contributed by atoms with E-state index in [1.807, 2.05) is 6.92 Å². The third kappa shape index (κ3) is 5.80. The number of methoxy groups -OCH3 is 1. The van der Waals surface area contributed by atoms with Crippen LogP contribution in [0.2, 0.25) is 0 Å². The molecule has 0 heterocycles. The highest BCUT2D eigenvalue weighted by atomic mass is 16.5. The fourth-order valence-corrected chi connectivity index (χ4v) is 2.41. The van der Waals surface area contributed by atoms with Crippen LogP contribution in [-0.2, 0) is 9.53 Å². The van der Waals surface area contributed by atoms with Crippen LogP contribution in [0, 0.1) is 5.92 Å². The topological polar surface area (TPSA) is 70.6 Å². The summed E-state index contributed by atoms with van der Waals surface area (Å²) in [5.41, 5.74) is 0. The third-order valence-electron chi connectivity index (χ3n) is 3.39. The number of aliphatic hydroxyl groups excluding tert-OH is 1. The summed E-state index contributed by atoms with van der Waals surface area (Å²) in [4.78, 5) is 11.6. The first-order valence-corrected chi connectivity index (χ1v) is 6.80. The van der Waals surface area contributed by atoms with E-state index >= 15 is 0 Å². The molecule has 18 heavy (non-hydrogen) atoms. The Morgan fingerprint density at radius 2 is 2.17 bits per heavy atom. The van der Waals surface area contributed by atoms with Gasteiger partial charge in [-0.05, 0) is 25.7 Å². The van der Waals surface area contributed by atoms with Gasteiger partial charge >= 0.3 is 0 Å². The van der Waals surface area contributed by atoms with Gasteiger partial charge in [0, 0.05) is 19.7 Å². The first kappa shape index (κ1) is 15.4. The fraction of sp³-hybridized carbons (Fsp3) is 0.923. The molecule has 3 atom stereocenters. The van der Waals surface area contributed by atoms with Crippen molar-refractivity contribution in [1.82, 2.24) is 10.6 Å². The van der Waals surface area contributed by atoms with Crippen LogP contribution in [0.25, 0.3) is 0 Å². The molecule has 0 bridgehead atoms. The minimum atomic E-state index is -0.207. The minimum Gasteiger partial charge on any atom is -0.393 e. The van der Waals surface area contributed by atoms with E-state index < -0.39 is 0 Å². The summed E-state index contributed by atoms with van der Waals surface area (Å²) >= 11 is 0. The molecule has 1 aliphatic rings. The van der Waals surface area contributed by atoms with Crippen LogP contribution in [0.5, 0.6) is 0 Å². The standard InChI is InChI=1S/C13H26N2O3/c1-10(9-18-2)15-13(17)8-14-7-11-5-3-4-6-12(11)16/h10-12,14,16H,3-9H2,1-2H3,(H,15,17). The molecule has 5 heteroatoms. The minimum absolute atomic E-state index is 0.0233. The average Bonchev–Trinajstić information content (AvgIpc) is 2.31.